The summed E-state index contributed by atoms with van der Waals surface area (Å²) < 4.78 is 15.1. The zero-order valence-electron chi connectivity index (χ0n) is 10.3. The van der Waals surface area contributed by atoms with Gasteiger partial charge >= 0.3 is 0 Å². The van der Waals surface area contributed by atoms with Gasteiger partial charge in [0.15, 0.2) is 0 Å². The molecule has 0 atom stereocenters. The summed E-state index contributed by atoms with van der Waals surface area (Å²) in [5, 5.41) is 2.16. The highest BCUT2D eigenvalue weighted by atomic mass is 19.1. The number of aromatic nitrogens is 2. The lowest BCUT2D eigenvalue weighted by Crippen LogP contribution is -2.50. The van der Waals surface area contributed by atoms with Crippen molar-refractivity contribution in [2.75, 3.05) is 44.0 Å². The van der Waals surface area contributed by atoms with Gasteiger partial charge in [-0.05, 0) is 19.2 Å². The highest BCUT2D eigenvalue weighted by molar-refractivity contribution is 5.78. The maximum absolute atomic E-state index is 13.2. The fraction of sp³-hybridized carbons (Fsp3) is 0.417. The van der Waals surface area contributed by atoms with E-state index in [-0.39, 0.29) is 5.82 Å². The van der Waals surface area contributed by atoms with E-state index in [1.807, 2.05) is 4.68 Å². The Morgan fingerprint density at radius 2 is 1.94 bits per heavy atom. The first kappa shape index (κ1) is 11.3. The van der Waals surface area contributed by atoms with Crippen molar-refractivity contribution in [1.82, 2.24) is 14.6 Å². The van der Waals surface area contributed by atoms with Crippen LogP contribution in [0.3, 0.4) is 0 Å². The summed E-state index contributed by atoms with van der Waals surface area (Å²) in [5.74, 6) is 0.130. The Balaban J connectivity index is 2.03. The third kappa shape index (κ3) is 1.78. The Kier molecular flexibility index (Phi) is 2.59. The lowest BCUT2D eigenvalue weighted by Gasteiger charge is -2.35. The molecular weight excluding hydrogens is 233 g/mol. The highest BCUT2D eigenvalue weighted by Crippen LogP contribution is 2.19. The van der Waals surface area contributed by atoms with Crippen molar-refractivity contribution in [1.29, 1.82) is 0 Å². The van der Waals surface area contributed by atoms with Gasteiger partial charge in [0, 0.05) is 32.2 Å². The summed E-state index contributed by atoms with van der Waals surface area (Å²) in [6.45, 7) is 3.76. The number of nitrogens with two attached hydrogens (primary N) is 1. The van der Waals surface area contributed by atoms with Gasteiger partial charge in [0.1, 0.15) is 5.82 Å². The van der Waals surface area contributed by atoms with Gasteiger partial charge in [-0.2, -0.15) is 0 Å². The van der Waals surface area contributed by atoms with Gasteiger partial charge in [0.25, 0.3) is 0 Å². The quantitative estimate of drug-likeness (QED) is 0.806. The van der Waals surface area contributed by atoms with Crippen LogP contribution in [0.1, 0.15) is 0 Å². The van der Waals surface area contributed by atoms with E-state index in [0.29, 0.717) is 11.5 Å². The van der Waals surface area contributed by atoms with Crippen LogP contribution in [0.2, 0.25) is 0 Å². The molecular formula is C12H16FN5. The van der Waals surface area contributed by atoms with Crippen LogP contribution < -0.4 is 10.7 Å². The third-order valence-electron chi connectivity index (χ3n) is 3.38. The molecule has 1 aliphatic rings. The van der Waals surface area contributed by atoms with E-state index in [2.05, 4.69) is 21.9 Å². The number of anilines is 1. The fourth-order valence-corrected chi connectivity index (χ4v) is 2.35. The maximum Gasteiger partial charge on any atom is 0.220 e. The number of halogens is 1. The first-order chi connectivity index (χ1) is 8.65. The summed E-state index contributed by atoms with van der Waals surface area (Å²) in [4.78, 5) is 6.48. The summed E-state index contributed by atoms with van der Waals surface area (Å²) in [7, 11) is 2.10. The van der Waals surface area contributed by atoms with E-state index in [1.54, 1.807) is 6.07 Å². The second-order valence-corrected chi connectivity index (χ2v) is 4.67. The molecule has 1 saturated heterocycles. The molecule has 0 spiro atoms. The van der Waals surface area contributed by atoms with E-state index in [0.717, 1.165) is 31.7 Å². The van der Waals surface area contributed by atoms with Gasteiger partial charge in [-0.15, -0.1) is 0 Å². The molecule has 2 aromatic rings. The Morgan fingerprint density at radius 1 is 1.22 bits per heavy atom. The molecule has 0 aliphatic carbocycles. The number of nitrogen functional groups attached to an aromatic ring is 1. The van der Waals surface area contributed by atoms with Crippen LogP contribution in [0, 0.1) is 5.82 Å². The standard InChI is InChI=1S/C12H16FN5/c1-16-4-6-17(7-5-16)18-11-3-2-9(13)8-10(11)15-12(18)14/h2-3,8H,4-7H2,1H3,(H2,14,15). The SMILES string of the molecule is CN1CCN(n2c(N)nc3cc(F)ccc32)CC1. The second kappa shape index (κ2) is 4.13. The van der Waals surface area contributed by atoms with Gasteiger partial charge in [-0.1, -0.05) is 0 Å². The average Bonchev–Trinajstić information content (AvgIpc) is 2.65. The number of hydrogen-bond acceptors (Lipinski definition) is 4. The van der Waals surface area contributed by atoms with Crippen LogP contribution in [0.4, 0.5) is 10.3 Å². The molecule has 96 valence electrons. The highest BCUT2D eigenvalue weighted by Gasteiger charge is 2.19. The van der Waals surface area contributed by atoms with E-state index in [4.69, 9.17) is 5.73 Å². The number of rotatable bonds is 1. The van der Waals surface area contributed by atoms with Crippen LogP contribution in [0.5, 0.6) is 0 Å². The van der Waals surface area contributed by atoms with Crippen molar-refractivity contribution >= 4 is 17.0 Å². The van der Waals surface area contributed by atoms with Crippen LogP contribution in [-0.4, -0.2) is 47.8 Å². The summed E-state index contributed by atoms with van der Waals surface area (Å²) in [6, 6.07) is 4.58. The molecule has 0 bridgehead atoms. The molecule has 5 nitrogen and oxygen atoms in total. The molecule has 1 aromatic carbocycles. The molecule has 0 unspecified atom stereocenters. The zero-order valence-corrected chi connectivity index (χ0v) is 10.3. The molecule has 1 aromatic heterocycles. The normalized spacial score (nSPS) is 17.6. The van der Waals surface area contributed by atoms with E-state index in [9.17, 15) is 4.39 Å². The minimum atomic E-state index is -0.287. The van der Waals surface area contributed by atoms with Gasteiger partial charge in [0.05, 0.1) is 11.0 Å². The molecule has 1 fully saturated rings. The Hall–Kier alpha value is -1.82. The largest absolute Gasteiger partial charge is 0.368 e. The van der Waals surface area contributed by atoms with E-state index in [1.165, 1.54) is 12.1 Å². The number of piperazine rings is 1. The lowest BCUT2D eigenvalue weighted by atomic mass is 10.3. The molecule has 0 radical (unpaired) electrons. The number of imidazole rings is 1. The first-order valence-corrected chi connectivity index (χ1v) is 6.02. The number of fused-ring (bicyclic) bond motifs is 1. The number of benzene rings is 1. The number of hydrogen-bond donors (Lipinski definition) is 1. The predicted molar refractivity (Wildman–Crippen MR) is 69.6 cm³/mol. The van der Waals surface area contributed by atoms with Crippen LogP contribution in [-0.2, 0) is 0 Å². The molecule has 18 heavy (non-hydrogen) atoms. The molecule has 2 N–H and O–H groups in total. The van der Waals surface area contributed by atoms with Crippen molar-refractivity contribution in [3.8, 4) is 0 Å². The van der Waals surface area contributed by atoms with Crippen molar-refractivity contribution in [2.24, 2.45) is 0 Å². The molecule has 3 rings (SSSR count). The summed E-state index contributed by atoms with van der Waals surface area (Å²) >= 11 is 0. The first-order valence-electron chi connectivity index (χ1n) is 6.02. The predicted octanol–water partition coefficient (Wildman–Crippen LogP) is 0.641. The number of nitrogens with zero attached hydrogens (tertiary/aromatic N) is 4. The summed E-state index contributed by atoms with van der Waals surface area (Å²) in [5.41, 5.74) is 7.41. The molecule has 2 heterocycles. The van der Waals surface area contributed by atoms with Crippen molar-refractivity contribution in [3.05, 3.63) is 24.0 Å². The van der Waals surface area contributed by atoms with Crippen LogP contribution in [0.25, 0.3) is 11.0 Å². The van der Waals surface area contributed by atoms with E-state index >= 15 is 0 Å². The Labute approximate surface area is 105 Å². The van der Waals surface area contributed by atoms with Crippen molar-refractivity contribution < 1.29 is 4.39 Å². The number of likely N-dealkylation sites (N-methyl/N-ethyl adjacent to an activating group) is 1. The Bertz CT molecular complexity index is 571. The smallest absolute Gasteiger partial charge is 0.220 e. The third-order valence-corrected chi connectivity index (χ3v) is 3.38. The van der Waals surface area contributed by atoms with E-state index < -0.39 is 0 Å². The molecule has 6 heteroatoms. The van der Waals surface area contributed by atoms with Gasteiger partial charge in [0.2, 0.25) is 5.95 Å². The monoisotopic (exact) mass is 249 g/mol. The second-order valence-electron chi connectivity index (χ2n) is 4.67. The van der Waals surface area contributed by atoms with Gasteiger partial charge in [-0.3, -0.25) is 0 Å². The molecule has 1 aliphatic heterocycles. The topological polar surface area (TPSA) is 50.3 Å². The minimum Gasteiger partial charge on any atom is -0.368 e. The average molecular weight is 249 g/mol. The Morgan fingerprint density at radius 3 is 2.67 bits per heavy atom. The lowest BCUT2D eigenvalue weighted by molar-refractivity contribution is 0.290. The molecule has 0 saturated carbocycles. The minimum absolute atomic E-state index is 0.287. The van der Waals surface area contributed by atoms with Crippen molar-refractivity contribution in [2.45, 2.75) is 0 Å². The van der Waals surface area contributed by atoms with Crippen molar-refractivity contribution in [3.63, 3.8) is 0 Å². The molecule has 0 amide bonds. The fourth-order valence-electron chi connectivity index (χ4n) is 2.35. The summed E-state index contributed by atoms with van der Waals surface area (Å²) in [6.07, 6.45) is 0. The van der Waals surface area contributed by atoms with Crippen LogP contribution in [0.15, 0.2) is 18.2 Å². The maximum atomic E-state index is 13.2. The van der Waals surface area contributed by atoms with Gasteiger partial charge < -0.3 is 15.6 Å². The zero-order chi connectivity index (χ0) is 12.7. The van der Waals surface area contributed by atoms with Crippen LogP contribution >= 0.6 is 0 Å². The van der Waals surface area contributed by atoms with Gasteiger partial charge in [-0.25, -0.2) is 14.1 Å².